The van der Waals surface area contributed by atoms with Gasteiger partial charge in [-0.15, -0.1) is 0 Å². The number of hydrogen-bond donors (Lipinski definition) is 2. The minimum Gasteiger partial charge on any atom is -0.454 e. The fraction of sp³-hybridized carbons (Fsp3) is 0.600. The first-order valence-corrected chi connectivity index (χ1v) is 12.2. The Hall–Kier alpha value is -2.61. The monoisotopic (exact) mass is 491 g/mol. The van der Waals surface area contributed by atoms with E-state index >= 15 is 0 Å². The SMILES string of the molecule is CCC(C)(C)C1CCC2(CC1)NC(=O)N(CC(=O)OCC(=O)NCCc1ccc(Cl)cc1)C2=O. The second-order valence-electron chi connectivity index (χ2n) is 9.91. The first-order valence-electron chi connectivity index (χ1n) is 11.9. The predicted molar refractivity (Wildman–Crippen MR) is 128 cm³/mol. The van der Waals surface area contributed by atoms with Crippen LogP contribution in [0, 0.1) is 11.3 Å². The lowest BCUT2D eigenvalue weighted by Crippen LogP contribution is -2.51. The molecule has 2 N–H and O–H groups in total. The Kier molecular flexibility index (Phi) is 8.23. The first kappa shape index (κ1) is 26.0. The molecule has 186 valence electrons. The lowest BCUT2D eigenvalue weighted by molar-refractivity contribution is -0.151. The van der Waals surface area contributed by atoms with Crippen LogP contribution in [0.25, 0.3) is 0 Å². The van der Waals surface area contributed by atoms with E-state index in [1.165, 1.54) is 0 Å². The number of halogens is 1. The molecule has 1 aliphatic carbocycles. The number of rotatable bonds is 9. The van der Waals surface area contributed by atoms with E-state index in [0.29, 0.717) is 36.7 Å². The number of benzene rings is 1. The summed E-state index contributed by atoms with van der Waals surface area (Å²) in [7, 11) is 0. The molecule has 8 nitrogen and oxygen atoms in total. The van der Waals surface area contributed by atoms with Crippen molar-refractivity contribution in [1.29, 1.82) is 0 Å². The van der Waals surface area contributed by atoms with Crippen LogP contribution in [0.3, 0.4) is 0 Å². The van der Waals surface area contributed by atoms with E-state index < -0.39 is 36.6 Å². The Bertz CT molecular complexity index is 923. The molecule has 4 amide bonds. The molecule has 34 heavy (non-hydrogen) atoms. The zero-order chi connectivity index (χ0) is 24.9. The highest BCUT2D eigenvalue weighted by Gasteiger charge is 2.53. The average Bonchev–Trinajstić information content (AvgIpc) is 3.03. The van der Waals surface area contributed by atoms with Crippen LogP contribution < -0.4 is 10.6 Å². The van der Waals surface area contributed by atoms with Gasteiger partial charge in [-0.25, -0.2) is 4.79 Å². The van der Waals surface area contributed by atoms with Crippen LogP contribution in [0.15, 0.2) is 24.3 Å². The molecule has 0 atom stereocenters. The molecule has 3 rings (SSSR count). The molecule has 1 aliphatic heterocycles. The molecular weight excluding hydrogens is 458 g/mol. The van der Waals surface area contributed by atoms with Crippen LogP contribution >= 0.6 is 11.6 Å². The second kappa shape index (κ2) is 10.8. The van der Waals surface area contributed by atoms with Crippen LogP contribution in [-0.4, -0.2) is 54.0 Å². The highest BCUT2D eigenvalue weighted by atomic mass is 35.5. The molecule has 0 radical (unpaired) electrons. The number of ether oxygens (including phenoxy) is 1. The normalized spacial score (nSPS) is 22.6. The standard InChI is InChI=1S/C25H34ClN3O5/c1-4-24(2,3)18-9-12-25(13-10-18)22(32)29(23(33)28-25)15-21(31)34-16-20(30)27-14-11-17-5-7-19(26)8-6-17/h5-8,18H,4,9-16H2,1-3H3,(H,27,30)(H,28,33). The van der Waals surface area contributed by atoms with E-state index in [0.717, 1.165) is 29.7 Å². The van der Waals surface area contributed by atoms with E-state index in [9.17, 15) is 19.2 Å². The first-order chi connectivity index (χ1) is 16.1. The van der Waals surface area contributed by atoms with Gasteiger partial charge in [0.1, 0.15) is 12.1 Å². The Morgan fingerprint density at radius 3 is 2.47 bits per heavy atom. The number of amides is 4. The van der Waals surface area contributed by atoms with Crippen LogP contribution in [0.5, 0.6) is 0 Å². The molecule has 0 unspecified atom stereocenters. The molecule has 0 bridgehead atoms. The summed E-state index contributed by atoms with van der Waals surface area (Å²) in [6.45, 7) is 6.04. The molecular formula is C25H34ClN3O5. The lowest BCUT2D eigenvalue weighted by Gasteiger charge is -2.42. The van der Waals surface area contributed by atoms with Gasteiger partial charge >= 0.3 is 12.0 Å². The Labute approximate surface area is 205 Å². The van der Waals surface area contributed by atoms with Gasteiger partial charge in [0, 0.05) is 11.6 Å². The summed E-state index contributed by atoms with van der Waals surface area (Å²) in [6, 6.07) is 6.71. The van der Waals surface area contributed by atoms with Gasteiger partial charge in [0.15, 0.2) is 6.61 Å². The van der Waals surface area contributed by atoms with Gasteiger partial charge in [0.2, 0.25) is 0 Å². The van der Waals surface area contributed by atoms with Crippen molar-refractivity contribution in [2.75, 3.05) is 19.7 Å². The number of hydrogen-bond acceptors (Lipinski definition) is 5. The van der Waals surface area contributed by atoms with Gasteiger partial charge < -0.3 is 15.4 Å². The number of carbonyl (C=O) groups is 4. The molecule has 1 saturated heterocycles. The maximum Gasteiger partial charge on any atom is 0.326 e. The number of esters is 1. The summed E-state index contributed by atoms with van der Waals surface area (Å²) in [5, 5.41) is 6.13. The van der Waals surface area contributed by atoms with Crippen LogP contribution in [0.2, 0.25) is 5.02 Å². The lowest BCUT2D eigenvalue weighted by atomic mass is 9.65. The van der Waals surface area contributed by atoms with Gasteiger partial charge in [-0.1, -0.05) is 50.9 Å². The van der Waals surface area contributed by atoms with Gasteiger partial charge in [0.25, 0.3) is 11.8 Å². The van der Waals surface area contributed by atoms with Crippen molar-refractivity contribution in [2.24, 2.45) is 11.3 Å². The van der Waals surface area contributed by atoms with E-state index in [4.69, 9.17) is 16.3 Å². The molecule has 1 spiro atoms. The topological polar surface area (TPSA) is 105 Å². The zero-order valence-corrected chi connectivity index (χ0v) is 20.9. The van der Waals surface area contributed by atoms with Crippen molar-refractivity contribution in [1.82, 2.24) is 15.5 Å². The summed E-state index contributed by atoms with van der Waals surface area (Å²) < 4.78 is 4.99. The molecule has 1 aromatic rings. The third-order valence-corrected chi connectivity index (χ3v) is 7.65. The van der Waals surface area contributed by atoms with Crippen molar-refractivity contribution < 1.29 is 23.9 Å². The fourth-order valence-corrected chi connectivity index (χ4v) is 4.83. The highest BCUT2D eigenvalue weighted by Crippen LogP contribution is 2.45. The zero-order valence-electron chi connectivity index (χ0n) is 20.1. The fourth-order valence-electron chi connectivity index (χ4n) is 4.71. The predicted octanol–water partition coefficient (Wildman–Crippen LogP) is 3.46. The van der Waals surface area contributed by atoms with Crippen LogP contribution in [0.4, 0.5) is 4.79 Å². The Morgan fingerprint density at radius 2 is 1.85 bits per heavy atom. The third kappa shape index (κ3) is 6.09. The molecule has 2 aliphatic rings. The van der Waals surface area contributed by atoms with E-state index in [1.54, 1.807) is 12.1 Å². The molecule has 1 heterocycles. The molecule has 0 aromatic heterocycles. The average molecular weight is 492 g/mol. The number of imide groups is 1. The summed E-state index contributed by atoms with van der Waals surface area (Å²) in [5.41, 5.74) is 0.268. The van der Waals surface area contributed by atoms with Gasteiger partial charge in [-0.05, 0) is 61.1 Å². The van der Waals surface area contributed by atoms with Crippen molar-refractivity contribution >= 4 is 35.4 Å². The van der Waals surface area contributed by atoms with E-state index in [-0.39, 0.29) is 11.3 Å². The quantitative estimate of drug-likeness (QED) is 0.406. The van der Waals surface area contributed by atoms with Gasteiger partial charge in [0.05, 0.1) is 0 Å². The third-order valence-electron chi connectivity index (χ3n) is 7.40. The smallest absolute Gasteiger partial charge is 0.326 e. The van der Waals surface area contributed by atoms with E-state index in [2.05, 4.69) is 31.4 Å². The van der Waals surface area contributed by atoms with Crippen LogP contribution in [0.1, 0.15) is 58.4 Å². The largest absolute Gasteiger partial charge is 0.454 e. The molecule has 1 aromatic carbocycles. The van der Waals surface area contributed by atoms with Crippen molar-refractivity contribution in [3.63, 3.8) is 0 Å². The summed E-state index contributed by atoms with van der Waals surface area (Å²) in [5.74, 6) is -1.14. The Balaban J connectivity index is 1.42. The van der Waals surface area contributed by atoms with Crippen LogP contribution in [-0.2, 0) is 25.5 Å². The minimum absolute atomic E-state index is 0.187. The summed E-state index contributed by atoms with van der Waals surface area (Å²) in [6.07, 6.45) is 4.48. The second-order valence-corrected chi connectivity index (χ2v) is 10.3. The van der Waals surface area contributed by atoms with Crippen molar-refractivity contribution in [2.45, 2.75) is 64.8 Å². The van der Waals surface area contributed by atoms with E-state index in [1.807, 2.05) is 12.1 Å². The maximum atomic E-state index is 13.0. The van der Waals surface area contributed by atoms with Crippen molar-refractivity contribution in [3.8, 4) is 0 Å². The molecule has 9 heteroatoms. The summed E-state index contributed by atoms with van der Waals surface area (Å²) >= 11 is 5.85. The maximum absolute atomic E-state index is 13.0. The number of carbonyl (C=O) groups excluding carboxylic acids is 4. The van der Waals surface area contributed by atoms with Gasteiger partial charge in [-0.2, -0.15) is 0 Å². The summed E-state index contributed by atoms with van der Waals surface area (Å²) in [4.78, 5) is 50.6. The number of urea groups is 1. The highest BCUT2D eigenvalue weighted by molar-refractivity contribution is 6.30. The number of nitrogens with one attached hydrogen (secondary N) is 2. The molecule has 2 fully saturated rings. The minimum atomic E-state index is -0.934. The molecule has 1 saturated carbocycles. The van der Waals surface area contributed by atoms with Gasteiger partial charge in [-0.3, -0.25) is 19.3 Å². The number of nitrogens with zero attached hydrogens (tertiary/aromatic N) is 1. The van der Waals surface area contributed by atoms with Crippen molar-refractivity contribution in [3.05, 3.63) is 34.9 Å². The Morgan fingerprint density at radius 1 is 1.21 bits per heavy atom.